The molecular formula is C27H31N3O3. The van der Waals surface area contributed by atoms with Gasteiger partial charge >= 0.3 is 0 Å². The van der Waals surface area contributed by atoms with Crippen LogP contribution in [0.5, 0.6) is 0 Å². The van der Waals surface area contributed by atoms with Crippen LogP contribution in [-0.2, 0) is 21.5 Å². The van der Waals surface area contributed by atoms with Crippen LogP contribution in [0.3, 0.4) is 0 Å². The zero-order chi connectivity index (χ0) is 23.4. The molecule has 33 heavy (non-hydrogen) atoms. The zero-order valence-corrected chi connectivity index (χ0v) is 19.5. The van der Waals surface area contributed by atoms with Crippen LogP contribution >= 0.6 is 0 Å². The Morgan fingerprint density at radius 1 is 1.18 bits per heavy atom. The molecule has 1 atom stereocenters. The fourth-order valence-electron chi connectivity index (χ4n) is 4.02. The summed E-state index contributed by atoms with van der Waals surface area (Å²) in [7, 11) is 0. The van der Waals surface area contributed by atoms with Crippen molar-refractivity contribution in [1.29, 1.82) is 0 Å². The minimum atomic E-state index is -0.199. The predicted molar refractivity (Wildman–Crippen MR) is 131 cm³/mol. The smallest absolute Gasteiger partial charge is 0.258 e. The van der Waals surface area contributed by atoms with Gasteiger partial charge in [-0.2, -0.15) is 0 Å². The van der Waals surface area contributed by atoms with Gasteiger partial charge in [0.1, 0.15) is 5.82 Å². The Morgan fingerprint density at radius 3 is 2.64 bits per heavy atom. The molecule has 1 saturated heterocycles. The average molecular weight is 446 g/mol. The van der Waals surface area contributed by atoms with Crippen molar-refractivity contribution < 1.29 is 9.53 Å². The van der Waals surface area contributed by atoms with Gasteiger partial charge in [-0.1, -0.05) is 57.2 Å². The Balaban J connectivity index is 1.54. The number of fused-ring (bicyclic) bond motifs is 1. The van der Waals surface area contributed by atoms with Crippen LogP contribution in [0.25, 0.3) is 17.0 Å². The third-order valence-corrected chi connectivity index (χ3v) is 5.96. The number of amides is 1. The van der Waals surface area contributed by atoms with Gasteiger partial charge in [0.25, 0.3) is 5.56 Å². The molecule has 0 saturated carbocycles. The summed E-state index contributed by atoms with van der Waals surface area (Å²) in [5, 5.41) is 0.539. The van der Waals surface area contributed by atoms with Crippen LogP contribution in [-0.4, -0.2) is 40.0 Å². The molecule has 172 valence electrons. The number of benzene rings is 2. The molecule has 0 bridgehead atoms. The number of nitrogens with one attached hydrogen (secondary N) is 1. The molecule has 2 aromatic carbocycles. The summed E-state index contributed by atoms with van der Waals surface area (Å²) in [5.41, 5.74) is 2.72. The van der Waals surface area contributed by atoms with E-state index in [2.05, 4.69) is 42.9 Å². The first-order valence-electron chi connectivity index (χ1n) is 11.5. The first kappa shape index (κ1) is 22.9. The molecule has 0 radical (unpaired) electrons. The quantitative estimate of drug-likeness (QED) is 0.569. The third kappa shape index (κ3) is 5.76. The SMILES string of the molecule is CC(C)(C)c1ccc(/C=C/C(=O)N(Cc2nc3ccccc3c(=O)[nH]2)CC2CCCO2)cc1. The maximum Gasteiger partial charge on any atom is 0.258 e. The van der Waals surface area contributed by atoms with Gasteiger partial charge in [0.15, 0.2) is 0 Å². The number of nitrogens with zero attached hydrogens (tertiary/aromatic N) is 2. The van der Waals surface area contributed by atoms with Gasteiger partial charge in [-0.15, -0.1) is 0 Å². The largest absolute Gasteiger partial charge is 0.376 e. The van der Waals surface area contributed by atoms with E-state index in [1.165, 1.54) is 5.56 Å². The highest BCUT2D eigenvalue weighted by Crippen LogP contribution is 2.22. The van der Waals surface area contributed by atoms with E-state index in [9.17, 15) is 9.59 Å². The summed E-state index contributed by atoms with van der Waals surface area (Å²) >= 11 is 0. The van der Waals surface area contributed by atoms with Crippen molar-refractivity contribution in [2.24, 2.45) is 0 Å². The molecule has 1 unspecified atom stereocenters. The van der Waals surface area contributed by atoms with Crippen LogP contribution in [0.15, 0.2) is 59.4 Å². The number of ether oxygens (including phenoxy) is 1. The number of hydrogen-bond acceptors (Lipinski definition) is 4. The molecule has 3 aromatic rings. The number of aromatic amines is 1. The fraction of sp³-hybridized carbons (Fsp3) is 0.370. The van der Waals surface area contributed by atoms with Gasteiger partial charge in [-0.05, 0) is 47.6 Å². The molecule has 6 heteroatoms. The van der Waals surface area contributed by atoms with Crippen molar-refractivity contribution in [3.05, 3.63) is 81.9 Å². The van der Waals surface area contributed by atoms with E-state index < -0.39 is 0 Å². The predicted octanol–water partition coefficient (Wildman–Crippen LogP) is 4.44. The number of hydrogen-bond donors (Lipinski definition) is 1. The summed E-state index contributed by atoms with van der Waals surface area (Å²) in [6.07, 6.45) is 5.33. The van der Waals surface area contributed by atoms with Crippen molar-refractivity contribution in [1.82, 2.24) is 14.9 Å². The van der Waals surface area contributed by atoms with Gasteiger partial charge in [0.05, 0.1) is 23.6 Å². The lowest BCUT2D eigenvalue weighted by Gasteiger charge is -2.24. The second-order valence-corrected chi connectivity index (χ2v) is 9.59. The number of H-pyrrole nitrogens is 1. The summed E-state index contributed by atoms with van der Waals surface area (Å²) in [6, 6.07) is 15.5. The van der Waals surface area contributed by atoms with Crippen molar-refractivity contribution in [2.75, 3.05) is 13.2 Å². The number of para-hydroxylation sites is 1. The molecule has 4 rings (SSSR count). The van der Waals surface area contributed by atoms with E-state index in [0.29, 0.717) is 29.9 Å². The number of aromatic nitrogens is 2. The van der Waals surface area contributed by atoms with Gasteiger partial charge in [-0.25, -0.2) is 4.98 Å². The summed E-state index contributed by atoms with van der Waals surface area (Å²) < 4.78 is 5.76. The monoisotopic (exact) mass is 445 g/mol. The summed E-state index contributed by atoms with van der Waals surface area (Å²) in [4.78, 5) is 34.7. The minimum Gasteiger partial charge on any atom is -0.376 e. The average Bonchev–Trinajstić information content (AvgIpc) is 3.30. The highest BCUT2D eigenvalue weighted by Gasteiger charge is 2.22. The van der Waals surface area contributed by atoms with E-state index in [-0.39, 0.29) is 29.5 Å². The van der Waals surface area contributed by atoms with Gasteiger partial charge < -0.3 is 14.6 Å². The molecule has 6 nitrogen and oxygen atoms in total. The second kappa shape index (κ2) is 9.71. The van der Waals surface area contributed by atoms with E-state index >= 15 is 0 Å². The second-order valence-electron chi connectivity index (χ2n) is 9.59. The Morgan fingerprint density at radius 2 is 1.94 bits per heavy atom. The minimum absolute atomic E-state index is 0.000553. The highest BCUT2D eigenvalue weighted by molar-refractivity contribution is 5.91. The van der Waals surface area contributed by atoms with Crippen LogP contribution < -0.4 is 5.56 Å². The molecular weight excluding hydrogens is 414 g/mol. The normalized spacial score (nSPS) is 16.5. The molecule has 1 amide bonds. The molecule has 0 aliphatic carbocycles. The summed E-state index contributed by atoms with van der Waals surface area (Å²) in [6.45, 7) is 7.92. The molecule has 1 N–H and O–H groups in total. The maximum absolute atomic E-state index is 13.1. The third-order valence-electron chi connectivity index (χ3n) is 5.96. The molecule has 2 heterocycles. The van der Waals surface area contributed by atoms with Crippen molar-refractivity contribution in [3.8, 4) is 0 Å². The van der Waals surface area contributed by atoms with E-state index in [1.807, 2.05) is 36.4 Å². The Bertz CT molecular complexity index is 1200. The Labute approximate surface area is 194 Å². The lowest BCUT2D eigenvalue weighted by Crippen LogP contribution is -2.36. The maximum atomic E-state index is 13.1. The van der Waals surface area contributed by atoms with Crippen LogP contribution in [0, 0.1) is 0 Å². The van der Waals surface area contributed by atoms with Gasteiger partial charge in [0, 0.05) is 19.2 Å². The lowest BCUT2D eigenvalue weighted by molar-refractivity contribution is -0.128. The van der Waals surface area contributed by atoms with Crippen molar-refractivity contribution in [2.45, 2.75) is 51.7 Å². The molecule has 0 spiro atoms. The zero-order valence-electron chi connectivity index (χ0n) is 19.5. The van der Waals surface area contributed by atoms with Crippen molar-refractivity contribution >= 4 is 22.9 Å². The number of carbonyl (C=O) groups is 1. The Kier molecular flexibility index (Phi) is 6.75. The summed E-state index contributed by atoms with van der Waals surface area (Å²) in [5.74, 6) is 0.328. The van der Waals surface area contributed by atoms with E-state index in [4.69, 9.17) is 4.74 Å². The van der Waals surface area contributed by atoms with E-state index in [1.54, 1.807) is 17.0 Å². The molecule has 1 aliphatic rings. The Hall–Kier alpha value is -3.25. The highest BCUT2D eigenvalue weighted by atomic mass is 16.5. The fourth-order valence-corrected chi connectivity index (χ4v) is 4.02. The topological polar surface area (TPSA) is 75.3 Å². The van der Waals surface area contributed by atoms with Gasteiger partial charge in [-0.3, -0.25) is 9.59 Å². The standard InChI is InChI=1S/C27H31N3O3/c1-27(2,3)20-13-10-19(11-14-20)12-15-25(31)30(17-21-7-6-16-33-21)18-24-28-23-9-5-4-8-22(23)26(32)29-24/h4-5,8-15,21H,6-7,16-18H2,1-3H3,(H,28,29,32)/b15-12+. The van der Waals surface area contributed by atoms with Crippen LogP contribution in [0.2, 0.25) is 0 Å². The number of rotatable bonds is 6. The van der Waals surface area contributed by atoms with Crippen molar-refractivity contribution in [3.63, 3.8) is 0 Å². The first-order chi connectivity index (χ1) is 15.8. The van der Waals surface area contributed by atoms with Crippen LogP contribution in [0.4, 0.5) is 0 Å². The van der Waals surface area contributed by atoms with Gasteiger partial charge in [0.2, 0.25) is 5.91 Å². The molecule has 1 aromatic heterocycles. The van der Waals surface area contributed by atoms with E-state index in [0.717, 1.165) is 18.4 Å². The first-order valence-corrected chi connectivity index (χ1v) is 11.5. The lowest BCUT2D eigenvalue weighted by atomic mass is 9.87. The molecule has 1 aliphatic heterocycles. The molecule has 1 fully saturated rings. The van der Waals surface area contributed by atoms with Crippen LogP contribution in [0.1, 0.15) is 50.6 Å². The number of carbonyl (C=O) groups excluding carboxylic acids is 1.